The summed E-state index contributed by atoms with van der Waals surface area (Å²) in [6.45, 7) is 0. The van der Waals surface area contributed by atoms with Crippen molar-refractivity contribution in [3.63, 3.8) is 0 Å². The lowest BCUT2D eigenvalue weighted by Gasteiger charge is -2.02. The van der Waals surface area contributed by atoms with Gasteiger partial charge in [-0.25, -0.2) is 0 Å². The van der Waals surface area contributed by atoms with E-state index < -0.39 is 0 Å². The maximum atomic E-state index is 5.69. The molecule has 0 atom stereocenters. The summed E-state index contributed by atoms with van der Waals surface area (Å²) in [4.78, 5) is 4.34. The molecule has 2 aromatic carbocycles. The van der Waals surface area contributed by atoms with Gasteiger partial charge in [-0.15, -0.1) is 0 Å². The Balaban J connectivity index is 1.98. The van der Waals surface area contributed by atoms with Gasteiger partial charge in [0, 0.05) is 16.2 Å². The summed E-state index contributed by atoms with van der Waals surface area (Å²) in [6.07, 6.45) is 0. The maximum absolute atomic E-state index is 5.69. The zero-order chi connectivity index (χ0) is 12.5. The Bertz CT molecular complexity index is 708. The fraction of sp³-hybridized carbons (Fsp3) is 0. The first-order chi connectivity index (χ1) is 8.72. The quantitative estimate of drug-likeness (QED) is 0.704. The number of fused-ring (bicyclic) bond motifs is 1. The smallest absolute Gasteiger partial charge is 0.300 e. The van der Waals surface area contributed by atoms with E-state index in [1.54, 1.807) is 12.1 Å². The Hall–Kier alpha value is -2.01. The number of rotatable bonds is 2. The van der Waals surface area contributed by atoms with Crippen LogP contribution in [0.1, 0.15) is 0 Å². The molecule has 90 valence electrons. The van der Waals surface area contributed by atoms with E-state index in [9.17, 15) is 0 Å². The molecule has 18 heavy (non-hydrogen) atoms. The van der Waals surface area contributed by atoms with Gasteiger partial charge in [-0.2, -0.15) is 4.98 Å². The molecule has 3 N–H and O–H groups in total. The lowest BCUT2D eigenvalue weighted by atomic mass is 10.3. The summed E-state index contributed by atoms with van der Waals surface area (Å²) in [6, 6.07) is 13.6. The summed E-state index contributed by atoms with van der Waals surface area (Å²) in [5.41, 5.74) is 8.70. The number of benzene rings is 2. The van der Waals surface area contributed by atoms with Crippen molar-refractivity contribution in [1.82, 2.24) is 4.98 Å². The van der Waals surface area contributed by atoms with Gasteiger partial charge in [0.05, 0.1) is 5.69 Å². The average Bonchev–Trinajstić information content (AvgIpc) is 2.73. The number of nitrogens with one attached hydrogen (secondary N) is 1. The van der Waals surface area contributed by atoms with Crippen LogP contribution in [0.3, 0.4) is 0 Å². The van der Waals surface area contributed by atoms with Crippen molar-refractivity contribution in [1.29, 1.82) is 0 Å². The number of nitrogen functional groups attached to an aromatic ring is 1. The second-order valence-corrected chi connectivity index (χ2v) is 4.71. The molecule has 0 radical (unpaired) electrons. The molecule has 0 unspecified atom stereocenters. The minimum atomic E-state index is 0.447. The standard InChI is InChI=1S/C13H10BrN3O/c14-9-3-1-2-4-10(9)16-13-17-11-6-5-8(15)7-12(11)18-13/h1-7H,15H2,(H,16,17). The highest BCUT2D eigenvalue weighted by atomic mass is 79.9. The summed E-state index contributed by atoms with van der Waals surface area (Å²) in [5, 5.41) is 3.12. The third-order valence-electron chi connectivity index (χ3n) is 2.53. The second-order valence-electron chi connectivity index (χ2n) is 3.85. The Labute approximate surface area is 112 Å². The lowest BCUT2D eigenvalue weighted by Crippen LogP contribution is -1.90. The van der Waals surface area contributed by atoms with Crippen LogP contribution in [-0.2, 0) is 0 Å². The topological polar surface area (TPSA) is 64.1 Å². The number of aromatic nitrogens is 1. The third kappa shape index (κ3) is 2.04. The molecule has 1 heterocycles. The highest BCUT2D eigenvalue weighted by Crippen LogP contribution is 2.27. The molecule has 0 spiro atoms. The molecule has 5 heteroatoms. The van der Waals surface area contributed by atoms with Crippen molar-refractivity contribution in [3.05, 3.63) is 46.9 Å². The number of oxazole rings is 1. The van der Waals surface area contributed by atoms with Crippen LogP contribution in [0, 0.1) is 0 Å². The van der Waals surface area contributed by atoms with Gasteiger partial charge in [-0.1, -0.05) is 12.1 Å². The Morgan fingerprint density at radius 3 is 2.83 bits per heavy atom. The van der Waals surface area contributed by atoms with Crippen LogP contribution >= 0.6 is 15.9 Å². The molecule has 0 saturated carbocycles. The first kappa shape index (κ1) is 11.1. The molecule has 0 aliphatic rings. The van der Waals surface area contributed by atoms with Gasteiger partial charge in [0.2, 0.25) is 0 Å². The van der Waals surface area contributed by atoms with Crippen molar-refractivity contribution >= 4 is 44.4 Å². The molecule has 3 aromatic rings. The Morgan fingerprint density at radius 2 is 2.00 bits per heavy atom. The number of hydrogen-bond acceptors (Lipinski definition) is 4. The van der Waals surface area contributed by atoms with E-state index in [-0.39, 0.29) is 0 Å². The molecule has 0 aliphatic carbocycles. The molecule has 1 aromatic heterocycles. The lowest BCUT2D eigenvalue weighted by molar-refractivity contribution is 0.623. The minimum Gasteiger partial charge on any atom is -0.423 e. The summed E-state index contributed by atoms with van der Waals surface area (Å²) in [5.74, 6) is 0. The van der Waals surface area contributed by atoms with Crippen LogP contribution in [0.2, 0.25) is 0 Å². The molecular weight excluding hydrogens is 294 g/mol. The first-order valence-electron chi connectivity index (χ1n) is 5.40. The summed E-state index contributed by atoms with van der Waals surface area (Å²) >= 11 is 3.46. The second kappa shape index (κ2) is 4.34. The average molecular weight is 304 g/mol. The van der Waals surface area contributed by atoms with Crippen molar-refractivity contribution in [3.8, 4) is 0 Å². The van der Waals surface area contributed by atoms with E-state index in [1.165, 1.54) is 0 Å². The van der Waals surface area contributed by atoms with Gasteiger partial charge in [0.25, 0.3) is 6.01 Å². The van der Waals surface area contributed by atoms with E-state index in [4.69, 9.17) is 10.2 Å². The molecule has 0 amide bonds. The Kier molecular flexibility index (Phi) is 2.68. The van der Waals surface area contributed by atoms with E-state index in [1.807, 2.05) is 30.3 Å². The number of anilines is 3. The molecule has 3 rings (SSSR count). The van der Waals surface area contributed by atoms with E-state index in [0.717, 1.165) is 15.7 Å². The minimum absolute atomic E-state index is 0.447. The van der Waals surface area contributed by atoms with Crippen LogP contribution in [0.25, 0.3) is 11.1 Å². The van der Waals surface area contributed by atoms with Crippen LogP contribution < -0.4 is 11.1 Å². The van der Waals surface area contributed by atoms with Crippen molar-refractivity contribution in [2.75, 3.05) is 11.1 Å². The van der Waals surface area contributed by atoms with E-state index >= 15 is 0 Å². The number of hydrogen-bond donors (Lipinski definition) is 2. The summed E-state index contributed by atoms with van der Waals surface area (Å²) < 4.78 is 6.54. The molecule has 0 fully saturated rings. The first-order valence-corrected chi connectivity index (χ1v) is 6.19. The van der Waals surface area contributed by atoms with Crippen LogP contribution in [0.5, 0.6) is 0 Å². The number of para-hydroxylation sites is 1. The SMILES string of the molecule is Nc1ccc2nc(Nc3ccccc3Br)oc2c1. The van der Waals surface area contributed by atoms with E-state index in [2.05, 4.69) is 26.2 Å². The Morgan fingerprint density at radius 1 is 1.17 bits per heavy atom. The monoisotopic (exact) mass is 303 g/mol. The van der Waals surface area contributed by atoms with Gasteiger partial charge in [-0.3, -0.25) is 0 Å². The predicted octanol–water partition coefficient (Wildman–Crippen LogP) is 3.92. The van der Waals surface area contributed by atoms with Crippen molar-refractivity contribution < 1.29 is 4.42 Å². The molecule has 4 nitrogen and oxygen atoms in total. The van der Waals surface area contributed by atoms with Gasteiger partial charge in [-0.05, 0) is 40.2 Å². The van der Waals surface area contributed by atoms with Gasteiger partial charge in [0.1, 0.15) is 5.52 Å². The van der Waals surface area contributed by atoms with Crippen LogP contribution in [-0.4, -0.2) is 4.98 Å². The van der Waals surface area contributed by atoms with Gasteiger partial charge >= 0.3 is 0 Å². The van der Waals surface area contributed by atoms with Crippen molar-refractivity contribution in [2.24, 2.45) is 0 Å². The molecule has 0 saturated heterocycles. The zero-order valence-electron chi connectivity index (χ0n) is 9.35. The van der Waals surface area contributed by atoms with Crippen LogP contribution in [0.4, 0.5) is 17.4 Å². The fourth-order valence-corrected chi connectivity index (χ4v) is 2.06. The predicted molar refractivity (Wildman–Crippen MR) is 75.8 cm³/mol. The number of halogens is 1. The number of nitrogens with two attached hydrogens (primary N) is 1. The van der Waals surface area contributed by atoms with Crippen LogP contribution in [0.15, 0.2) is 51.4 Å². The maximum Gasteiger partial charge on any atom is 0.300 e. The molecular formula is C13H10BrN3O. The summed E-state index contributed by atoms with van der Waals surface area (Å²) in [7, 11) is 0. The third-order valence-corrected chi connectivity index (χ3v) is 3.22. The van der Waals surface area contributed by atoms with E-state index in [0.29, 0.717) is 17.3 Å². The van der Waals surface area contributed by atoms with Crippen molar-refractivity contribution in [2.45, 2.75) is 0 Å². The largest absolute Gasteiger partial charge is 0.423 e. The highest BCUT2D eigenvalue weighted by molar-refractivity contribution is 9.10. The highest BCUT2D eigenvalue weighted by Gasteiger charge is 2.07. The fourth-order valence-electron chi connectivity index (χ4n) is 1.67. The molecule has 0 aliphatic heterocycles. The van der Waals surface area contributed by atoms with Gasteiger partial charge < -0.3 is 15.5 Å². The normalized spacial score (nSPS) is 10.7. The van der Waals surface area contributed by atoms with Gasteiger partial charge in [0.15, 0.2) is 5.58 Å². The zero-order valence-corrected chi connectivity index (χ0v) is 10.9. The molecule has 0 bridgehead atoms. The number of nitrogens with zero attached hydrogens (tertiary/aromatic N) is 1.